The number of benzene rings is 2. The van der Waals surface area contributed by atoms with Crippen LogP contribution in [0.15, 0.2) is 47.8 Å². The van der Waals surface area contributed by atoms with Gasteiger partial charge in [-0.1, -0.05) is 0 Å². The molecule has 1 aliphatic heterocycles. The number of aryl methyl sites for hydroxylation is 1. The molecule has 0 fully saturated rings. The van der Waals surface area contributed by atoms with Gasteiger partial charge in [0.1, 0.15) is 24.0 Å². The molecule has 0 saturated carbocycles. The number of rotatable bonds is 5. The maximum absolute atomic E-state index is 13.0. The van der Waals surface area contributed by atoms with Crippen molar-refractivity contribution in [2.24, 2.45) is 0 Å². The zero-order chi connectivity index (χ0) is 18.6. The average molecular weight is 384 g/mol. The van der Waals surface area contributed by atoms with E-state index in [1.54, 1.807) is 30.3 Å². The van der Waals surface area contributed by atoms with Gasteiger partial charge in [-0.05, 0) is 42.8 Å². The number of nitrogens with zero attached hydrogens (tertiary/aromatic N) is 1. The van der Waals surface area contributed by atoms with Crippen molar-refractivity contribution in [2.45, 2.75) is 12.8 Å². The Morgan fingerprint density at radius 1 is 1.11 bits per heavy atom. The number of halogens is 1. The molecule has 0 unspecified atom stereocenters. The fourth-order valence-electron chi connectivity index (χ4n) is 2.73. The molecular weight excluding hydrogens is 367 g/mol. The Labute approximate surface area is 159 Å². The summed E-state index contributed by atoms with van der Waals surface area (Å²) in [5, 5.41) is 5.61. The minimum absolute atomic E-state index is 0.0944. The molecule has 2 heterocycles. The van der Waals surface area contributed by atoms with Crippen LogP contribution in [0.2, 0.25) is 0 Å². The number of ether oxygens (including phenoxy) is 2. The van der Waals surface area contributed by atoms with E-state index < -0.39 is 0 Å². The third-order valence-electron chi connectivity index (χ3n) is 4.08. The Morgan fingerprint density at radius 2 is 1.89 bits per heavy atom. The van der Waals surface area contributed by atoms with Crippen LogP contribution in [0.3, 0.4) is 0 Å². The number of nitrogens with one attached hydrogen (secondary N) is 1. The van der Waals surface area contributed by atoms with Gasteiger partial charge in [-0.2, -0.15) is 0 Å². The summed E-state index contributed by atoms with van der Waals surface area (Å²) in [5.74, 6) is 0.965. The number of thiazole rings is 1. The molecule has 2 aromatic carbocycles. The SMILES string of the molecule is O=C(CCc1csc(-c2ccc(F)cc2)n1)Nc1ccc2c(c1)OCCO2. The first-order chi connectivity index (χ1) is 13.2. The van der Waals surface area contributed by atoms with Gasteiger partial charge in [0.2, 0.25) is 5.91 Å². The normalized spacial score (nSPS) is 12.6. The second kappa shape index (κ2) is 7.75. The topological polar surface area (TPSA) is 60.5 Å². The largest absolute Gasteiger partial charge is 0.486 e. The van der Waals surface area contributed by atoms with Crippen molar-refractivity contribution in [1.29, 1.82) is 0 Å². The fourth-order valence-corrected chi connectivity index (χ4v) is 3.59. The molecule has 0 bridgehead atoms. The van der Waals surface area contributed by atoms with Gasteiger partial charge in [0.25, 0.3) is 0 Å². The van der Waals surface area contributed by atoms with Gasteiger partial charge in [0.15, 0.2) is 11.5 Å². The van der Waals surface area contributed by atoms with Gasteiger partial charge in [-0.3, -0.25) is 4.79 Å². The summed E-state index contributed by atoms with van der Waals surface area (Å²) in [7, 11) is 0. The highest BCUT2D eigenvalue weighted by Crippen LogP contribution is 2.32. The second-order valence-corrected chi connectivity index (χ2v) is 6.92. The van der Waals surface area contributed by atoms with Crippen LogP contribution in [-0.4, -0.2) is 24.1 Å². The number of hydrogen-bond donors (Lipinski definition) is 1. The maximum Gasteiger partial charge on any atom is 0.224 e. The molecule has 1 aromatic heterocycles. The number of fused-ring (bicyclic) bond motifs is 1. The van der Waals surface area contributed by atoms with E-state index in [1.165, 1.54) is 23.5 Å². The molecule has 138 valence electrons. The summed E-state index contributed by atoms with van der Waals surface area (Å²) >= 11 is 1.48. The molecule has 1 N–H and O–H groups in total. The van der Waals surface area contributed by atoms with Crippen molar-refractivity contribution in [3.63, 3.8) is 0 Å². The van der Waals surface area contributed by atoms with Crippen molar-refractivity contribution in [1.82, 2.24) is 4.98 Å². The minimum Gasteiger partial charge on any atom is -0.486 e. The van der Waals surface area contributed by atoms with E-state index in [0.29, 0.717) is 43.2 Å². The monoisotopic (exact) mass is 384 g/mol. The van der Waals surface area contributed by atoms with E-state index in [9.17, 15) is 9.18 Å². The summed E-state index contributed by atoms with van der Waals surface area (Å²) in [4.78, 5) is 16.7. The van der Waals surface area contributed by atoms with Crippen LogP contribution in [0.25, 0.3) is 10.6 Å². The van der Waals surface area contributed by atoms with Crippen LogP contribution >= 0.6 is 11.3 Å². The standard InChI is InChI=1S/C20H17FN2O3S/c21-14-3-1-13(2-4-14)20-23-16(12-27-20)6-8-19(24)22-15-5-7-17-18(11-15)26-10-9-25-17/h1-5,7,11-12H,6,8-10H2,(H,22,24). The van der Waals surface area contributed by atoms with E-state index in [1.807, 2.05) is 5.38 Å². The number of carbonyl (C=O) groups excluding carboxylic acids is 1. The molecule has 4 rings (SSSR count). The van der Waals surface area contributed by atoms with Gasteiger partial charge in [0, 0.05) is 29.1 Å². The highest BCUT2D eigenvalue weighted by Gasteiger charge is 2.13. The lowest BCUT2D eigenvalue weighted by molar-refractivity contribution is -0.116. The Bertz CT molecular complexity index is 956. The molecule has 0 aliphatic carbocycles. The van der Waals surface area contributed by atoms with Crippen LogP contribution < -0.4 is 14.8 Å². The first-order valence-electron chi connectivity index (χ1n) is 8.57. The first kappa shape index (κ1) is 17.5. The lowest BCUT2D eigenvalue weighted by Gasteiger charge is -2.19. The van der Waals surface area contributed by atoms with Gasteiger partial charge >= 0.3 is 0 Å². The van der Waals surface area contributed by atoms with Crippen molar-refractivity contribution in [3.05, 3.63) is 59.4 Å². The van der Waals surface area contributed by atoms with Crippen LogP contribution in [0.5, 0.6) is 11.5 Å². The lowest BCUT2D eigenvalue weighted by Crippen LogP contribution is -2.16. The summed E-state index contributed by atoms with van der Waals surface area (Å²) in [5.41, 5.74) is 2.39. The summed E-state index contributed by atoms with van der Waals surface area (Å²) in [6.45, 7) is 1.04. The van der Waals surface area contributed by atoms with E-state index in [0.717, 1.165) is 16.3 Å². The highest BCUT2D eigenvalue weighted by atomic mass is 32.1. The second-order valence-electron chi connectivity index (χ2n) is 6.06. The van der Waals surface area contributed by atoms with Crippen LogP contribution in [-0.2, 0) is 11.2 Å². The average Bonchev–Trinajstić information content (AvgIpc) is 3.16. The molecule has 7 heteroatoms. The van der Waals surface area contributed by atoms with E-state index in [4.69, 9.17) is 9.47 Å². The van der Waals surface area contributed by atoms with Crippen molar-refractivity contribution in [3.8, 4) is 22.1 Å². The smallest absolute Gasteiger partial charge is 0.224 e. The number of hydrogen-bond acceptors (Lipinski definition) is 5. The zero-order valence-electron chi connectivity index (χ0n) is 14.4. The Hall–Kier alpha value is -2.93. The predicted octanol–water partition coefficient (Wildman–Crippen LogP) is 4.29. The summed E-state index contributed by atoms with van der Waals surface area (Å²) in [6.07, 6.45) is 0.856. The minimum atomic E-state index is -0.272. The molecule has 27 heavy (non-hydrogen) atoms. The quantitative estimate of drug-likeness (QED) is 0.713. The van der Waals surface area contributed by atoms with E-state index in [-0.39, 0.29) is 11.7 Å². The Balaban J connectivity index is 1.34. The summed E-state index contributed by atoms with van der Waals surface area (Å²) < 4.78 is 24.0. The molecule has 0 radical (unpaired) electrons. The van der Waals surface area contributed by atoms with Crippen molar-refractivity contribution in [2.75, 3.05) is 18.5 Å². The van der Waals surface area contributed by atoms with Gasteiger partial charge in [-0.25, -0.2) is 9.37 Å². The van der Waals surface area contributed by atoms with Gasteiger partial charge < -0.3 is 14.8 Å². The number of anilines is 1. The number of carbonyl (C=O) groups is 1. The van der Waals surface area contributed by atoms with Crippen molar-refractivity contribution >= 4 is 22.9 Å². The summed E-state index contributed by atoms with van der Waals surface area (Å²) in [6, 6.07) is 11.6. The zero-order valence-corrected chi connectivity index (χ0v) is 15.2. The number of amides is 1. The number of aromatic nitrogens is 1. The highest BCUT2D eigenvalue weighted by molar-refractivity contribution is 7.13. The molecule has 5 nitrogen and oxygen atoms in total. The Kier molecular flexibility index (Phi) is 5.02. The third-order valence-corrected chi connectivity index (χ3v) is 5.02. The van der Waals surface area contributed by atoms with Gasteiger partial charge in [0.05, 0.1) is 5.69 Å². The maximum atomic E-state index is 13.0. The van der Waals surface area contributed by atoms with E-state index in [2.05, 4.69) is 10.3 Å². The molecule has 3 aromatic rings. The van der Waals surface area contributed by atoms with E-state index >= 15 is 0 Å². The Morgan fingerprint density at radius 3 is 2.70 bits per heavy atom. The molecule has 0 atom stereocenters. The van der Waals surface area contributed by atoms with Crippen LogP contribution in [0.4, 0.5) is 10.1 Å². The lowest BCUT2D eigenvalue weighted by atomic mass is 10.2. The molecule has 1 aliphatic rings. The predicted molar refractivity (Wildman–Crippen MR) is 102 cm³/mol. The molecule has 0 spiro atoms. The van der Waals surface area contributed by atoms with Crippen molar-refractivity contribution < 1.29 is 18.7 Å². The molecule has 0 saturated heterocycles. The third kappa shape index (κ3) is 4.25. The first-order valence-corrected chi connectivity index (χ1v) is 9.45. The van der Waals surface area contributed by atoms with Gasteiger partial charge in [-0.15, -0.1) is 11.3 Å². The van der Waals surface area contributed by atoms with Crippen LogP contribution in [0.1, 0.15) is 12.1 Å². The van der Waals surface area contributed by atoms with Crippen LogP contribution in [0, 0.1) is 5.82 Å². The molecule has 1 amide bonds. The molecular formula is C20H17FN2O3S. The fraction of sp³-hybridized carbons (Fsp3) is 0.200.